The molecule has 1 spiro atoms. The summed E-state index contributed by atoms with van der Waals surface area (Å²) in [5.74, 6) is 1.54. The molecule has 3 aliphatic heterocycles. The number of benzene rings is 1. The highest BCUT2D eigenvalue weighted by molar-refractivity contribution is 6.45. The van der Waals surface area contributed by atoms with Crippen molar-refractivity contribution in [2.24, 2.45) is 5.92 Å². The van der Waals surface area contributed by atoms with Crippen LogP contribution in [0.1, 0.15) is 25.7 Å². The van der Waals surface area contributed by atoms with Gasteiger partial charge in [0.05, 0.1) is 10.4 Å². The zero-order chi connectivity index (χ0) is 14.9. The zero-order valence-electron chi connectivity index (χ0n) is 12.1. The Balaban J connectivity index is 1.53. The first-order valence-electron chi connectivity index (χ1n) is 7.94. The highest BCUT2D eigenvalue weighted by Gasteiger charge is 2.60. The van der Waals surface area contributed by atoms with Crippen molar-refractivity contribution in [2.45, 2.75) is 37.3 Å². The molecule has 1 aliphatic carbocycles. The number of nitrogens with one attached hydrogen (secondary N) is 1. The van der Waals surface area contributed by atoms with Crippen LogP contribution in [0, 0.1) is 5.92 Å². The van der Waals surface area contributed by atoms with E-state index in [1.165, 1.54) is 38.8 Å². The van der Waals surface area contributed by atoms with Crippen LogP contribution in [-0.2, 0) is 0 Å². The lowest BCUT2D eigenvalue weighted by Gasteiger charge is -2.52. The van der Waals surface area contributed by atoms with Crippen molar-refractivity contribution in [2.75, 3.05) is 18.4 Å². The van der Waals surface area contributed by atoms with Crippen LogP contribution in [0.4, 0.5) is 5.82 Å². The van der Waals surface area contributed by atoms with Gasteiger partial charge in [-0.3, -0.25) is 4.90 Å². The van der Waals surface area contributed by atoms with E-state index in [9.17, 15) is 0 Å². The minimum atomic E-state index is 0.364. The Hall–Kier alpha value is -0.970. The number of anilines is 1. The van der Waals surface area contributed by atoms with E-state index in [2.05, 4.69) is 15.4 Å². The lowest BCUT2D eigenvalue weighted by atomic mass is 9.77. The smallest absolute Gasteiger partial charge is 0.189 e. The number of halogens is 2. The molecule has 0 amide bonds. The number of rotatable bonds is 2. The fraction of sp³-hybridized carbons (Fsp3) is 0.562. The summed E-state index contributed by atoms with van der Waals surface area (Å²) in [5, 5.41) is 9.76. The molecule has 1 atom stereocenters. The number of fused-ring (bicyclic) bond motifs is 3. The lowest BCUT2D eigenvalue weighted by molar-refractivity contribution is 0.0202. The first-order valence-corrected chi connectivity index (χ1v) is 8.70. The Morgan fingerprint density at radius 1 is 1.23 bits per heavy atom. The molecule has 2 bridgehead atoms. The number of hydrogen-bond donors (Lipinski definition) is 1. The summed E-state index contributed by atoms with van der Waals surface area (Å²) >= 11 is 12.3. The van der Waals surface area contributed by atoms with E-state index in [0.29, 0.717) is 27.2 Å². The molecule has 2 aromatic rings. The van der Waals surface area contributed by atoms with Crippen LogP contribution >= 0.6 is 23.2 Å². The lowest BCUT2D eigenvalue weighted by Crippen LogP contribution is -2.62. The molecule has 4 nitrogen and oxygen atoms in total. The molecule has 116 valence electrons. The molecule has 1 saturated carbocycles. The van der Waals surface area contributed by atoms with Gasteiger partial charge in [-0.25, -0.2) is 0 Å². The standard InChI is InChI=1S/C16H17Cl2N3O/c17-11-2-1-10-13(12(11)18)22-20-15(10)19-14-9-3-7-21(8-4-9)16(14)5-6-16/h1-2,9,14H,3-8H2,(H,19,20). The third-order valence-corrected chi connectivity index (χ3v) is 6.59. The summed E-state index contributed by atoms with van der Waals surface area (Å²) in [6.45, 7) is 2.51. The van der Waals surface area contributed by atoms with Crippen LogP contribution in [0.3, 0.4) is 0 Å². The highest BCUT2D eigenvalue weighted by atomic mass is 35.5. The average molecular weight is 338 g/mol. The van der Waals surface area contributed by atoms with Crippen LogP contribution < -0.4 is 5.32 Å². The van der Waals surface area contributed by atoms with Crippen LogP contribution in [0.25, 0.3) is 11.0 Å². The molecule has 3 saturated heterocycles. The maximum Gasteiger partial charge on any atom is 0.189 e. The number of hydrogen-bond acceptors (Lipinski definition) is 4. The minimum Gasteiger partial charge on any atom is -0.362 e. The van der Waals surface area contributed by atoms with Gasteiger partial charge in [0.2, 0.25) is 0 Å². The minimum absolute atomic E-state index is 0.364. The van der Waals surface area contributed by atoms with Gasteiger partial charge >= 0.3 is 0 Å². The van der Waals surface area contributed by atoms with Gasteiger partial charge in [-0.05, 0) is 56.8 Å². The third kappa shape index (κ3) is 1.72. The molecular formula is C16H17Cl2N3O. The van der Waals surface area contributed by atoms with E-state index in [1.807, 2.05) is 6.07 Å². The van der Waals surface area contributed by atoms with Gasteiger partial charge in [0, 0.05) is 11.6 Å². The molecule has 0 radical (unpaired) electrons. The fourth-order valence-electron chi connectivity index (χ4n) is 4.52. The maximum atomic E-state index is 6.21. The second kappa shape index (κ2) is 4.53. The van der Waals surface area contributed by atoms with Gasteiger partial charge in [0.25, 0.3) is 0 Å². The topological polar surface area (TPSA) is 41.3 Å². The quantitative estimate of drug-likeness (QED) is 0.892. The summed E-state index contributed by atoms with van der Waals surface area (Å²) in [6, 6.07) is 4.21. The van der Waals surface area contributed by atoms with Crippen molar-refractivity contribution in [1.82, 2.24) is 10.1 Å². The Labute approximate surface area is 138 Å². The van der Waals surface area contributed by atoms with Crippen molar-refractivity contribution < 1.29 is 4.52 Å². The Bertz CT molecular complexity index is 747. The molecule has 22 heavy (non-hydrogen) atoms. The number of piperidine rings is 3. The van der Waals surface area contributed by atoms with Gasteiger partial charge in [-0.2, -0.15) is 0 Å². The van der Waals surface area contributed by atoms with E-state index >= 15 is 0 Å². The molecule has 1 unspecified atom stereocenters. The first kappa shape index (κ1) is 13.5. The summed E-state index contributed by atoms with van der Waals surface area (Å²) in [5.41, 5.74) is 0.936. The van der Waals surface area contributed by atoms with Gasteiger partial charge in [0.15, 0.2) is 11.4 Å². The molecule has 4 heterocycles. The predicted molar refractivity (Wildman–Crippen MR) is 87.7 cm³/mol. The van der Waals surface area contributed by atoms with E-state index in [0.717, 1.165) is 17.1 Å². The molecular weight excluding hydrogens is 321 g/mol. The first-order chi connectivity index (χ1) is 10.7. The van der Waals surface area contributed by atoms with E-state index < -0.39 is 0 Å². The van der Waals surface area contributed by atoms with Crippen LogP contribution in [0.2, 0.25) is 10.0 Å². The monoisotopic (exact) mass is 337 g/mol. The van der Waals surface area contributed by atoms with Gasteiger partial charge < -0.3 is 9.84 Å². The van der Waals surface area contributed by atoms with Crippen molar-refractivity contribution in [3.8, 4) is 0 Å². The Morgan fingerprint density at radius 2 is 2.00 bits per heavy atom. The van der Waals surface area contributed by atoms with E-state index in [-0.39, 0.29) is 0 Å². The van der Waals surface area contributed by atoms with Crippen molar-refractivity contribution in [3.05, 3.63) is 22.2 Å². The second-order valence-electron chi connectivity index (χ2n) is 6.82. The summed E-state index contributed by atoms with van der Waals surface area (Å²) in [4.78, 5) is 2.68. The van der Waals surface area contributed by atoms with Crippen LogP contribution in [0.15, 0.2) is 16.7 Å². The van der Waals surface area contributed by atoms with E-state index in [1.54, 1.807) is 6.07 Å². The molecule has 6 rings (SSSR count). The molecule has 1 N–H and O–H groups in total. The predicted octanol–water partition coefficient (Wildman–Crippen LogP) is 4.17. The SMILES string of the molecule is Clc1ccc2c(NC3C4CCN(CC4)C34CC4)noc2c1Cl. The third-order valence-electron chi connectivity index (χ3n) is 5.81. The molecule has 1 aromatic carbocycles. The summed E-state index contributed by atoms with van der Waals surface area (Å²) in [7, 11) is 0. The highest BCUT2D eigenvalue weighted by Crippen LogP contribution is 2.54. The normalized spacial score (nSPS) is 31.8. The van der Waals surface area contributed by atoms with Crippen LogP contribution in [-0.4, -0.2) is 34.7 Å². The fourth-order valence-corrected chi connectivity index (χ4v) is 4.87. The largest absolute Gasteiger partial charge is 0.362 e. The molecule has 4 fully saturated rings. The average Bonchev–Trinajstić information content (AvgIpc) is 3.21. The second-order valence-corrected chi connectivity index (χ2v) is 7.60. The summed E-state index contributed by atoms with van der Waals surface area (Å²) in [6.07, 6.45) is 5.15. The van der Waals surface area contributed by atoms with Crippen LogP contribution in [0.5, 0.6) is 0 Å². The molecule has 4 aliphatic rings. The van der Waals surface area contributed by atoms with Crippen molar-refractivity contribution in [3.63, 3.8) is 0 Å². The maximum absolute atomic E-state index is 6.21. The van der Waals surface area contributed by atoms with Gasteiger partial charge in [-0.15, -0.1) is 0 Å². The summed E-state index contributed by atoms with van der Waals surface area (Å²) < 4.78 is 5.43. The number of nitrogens with zero attached hydrogens (tertiary/aromatic N) is 2. The van der Waals surface area contributed by atoms with Gasteiger partial charge in [-0.1, -0.05) is 28.4 Å². The molecule has 1 aromatic heterocycles. The molecule has 6 heteroatoms. The van der Waals surface area contributed by atoms with Gasteiger partial charge in [0.1, 0.15) is 5.02 Å². The zero-order valence-corrected chi connectivity index (χ0v) is 13.6. The Kier molecular flexibility index (Phi) is 2.77. The number of aromatic nitrogens is 1. The van der Waals surface area contributed by atoms with Crippen molar-refractivity contribution >= 4 is 40.0 Å². The van der Waals surface area contributed by atoms with Crippen molar-refractivity contribution in [1.29, 1.82) is 0 Å². The Morgan fingerprint density at radius 3 is 2.73 bits per heavy atom. The van der Waals surface area contributed by atoms with E-state index in [4.69, 9.17) is 27.7 Å².